The van der Waals surface area contributed by atoms with Crippen molar-refractivity contribution in [1.29, 1.82) is 0 Å². The predicted molar refractivity (Wildman–Crippen MR) is 44.7 cm³/mol. The van der Waals surface area contributed by atoms with Gasteiger partial charge in [0.1, 0.15) is 0 Å². The first-order valence-electron chi connectivity index (χ1n) is 3.13. The van der Waals surface area contributed by atoms with E-state index in [0.717, 1.165) is 0 Å². The van der Waals surface area contributed by atoms with Crippen molar-refractivity contribution in [3.63, 3.8) is 0 Å². The van der Waals surface area contributed by atoms with Gasteiger partial charge in [0.05, 0.1) is 16.4 Å². The van der Waals surface area contributed by atoms with Crippen LogP contribution in [-0.4, -0.2) is 41.3 Å². The van der Waals surface area contributed by atoms with Gasteiger partial charge in [-0.2, -0.15) is 0 Å². The van der Waals surface area contributed by atoms with Crippen LogP contribution in [0.1, 0.15) is 13.8 Å². The van der Waals surface area contributed by atoms with E-state index in [1.54, 1.807) is 0 Å². The zero-order chi connectivity index (χ0) is 9.12. The van der Waals surface area contributed by atoms with Crippen LogP contribution in [0, 0.1) is 0 Å². The Morgan fingerprint density at radius 1 is 0.909 bits per heavy atom. The molecule has 0 aromatic rings. The van der Waals surface area contributed by atoms with Crippen LogP contribution in [0.3, 0.4) is 0 Å². The highest BCUT2D eigenvalue weighted by atomic mass is 32.5. The average Bonchev–Trinajstić information content (AvgIpc) is 1.86. The number of rotatable bonds is 4. The lowest BCUT2D eigenvalue weighted by Gasteiger charge is -1.97. The van der Waals surface area contributed by atoms with E-state index in [0.29, 0.717) is 0 Å². The molecule has 0 aliphatic carbocycles. The van der Waals surface area contributed by atoms with E-state index < -0.39 is 29.4 Å². The van der Waals surface area contributed by atoms with Crippen LogP contribution < -0.4 is 0 Å². The van der Waals surface area contributed by atoms with Crippen molar-refractivity contribution in [2.24, 2.45) is 0 Å². The fourth-order valence-corrected chi connectivity index (χ4v) is 9.71. The number of hydrogen-bond acceptors (Lipinski definition) is 4. The predicted octanol–water partition coefficient (Wildman–Crippen LogP) is -0.610. The van der Waals surface area contributed by atoms with Crippen LogP contribution >= 0.6 is 0 Å². The fourth-order valence-electron chi connectivity index (χ4n) is 0.359. The van der Waals surface area contributed by atoms with Gasteiger partial charge in [0.15, 0.2) is 0 Å². The van der Waals surface area contributed by atoms with Crippen LogP contribution in [0.15, 0.2) is 0 Å². The van der Waals surface area contributed by atoms with Gasteiger partial charge in [-0.05, 0) is 0 Å². The smallest absolute Gasteiger partial charge is 0.252 e. The molecule has 0 rings (SSSR count). The van der Waals surface area contributed by atoms with Crippen molar-refractivity contribution in [1.82, 2.24) is 0 Å². The molecule has 0 atom stereocenters. The maximum absolute atomic E-state index is 10.8. The number of hydrogen-bond donors (Lipinski definition) is 0. The molecule has 0 aliphatic heterocycles. The van der Waals surface area contributed by atoms with Gasteiger partial charge in [-0.1, -0.05) is 13.8 Å². The molecule has 4 nitrogen and oxygen atoms in total. The summed E-state index contributed by atoms with van der Waals surface area (Å²) in [7, 11) is -6.59. The summed E-state index contributed by atoms with van der Waals surface area (Å²) in [4.78, 5) is 0. The third kappa shape index (κ3) is 4.80. The third-order valence-electron chi connectivity index (χ3n) is 1.10. The monoisotopic (exact) mass is 213 g/mol. The molecule has 0 aromatic carbocycles. The molecule has 0 saturated heterocycles. The van der Waals surface area contributed by atoms with Crippen molar-refractivity contribution in [2.75, 3.05) is 11.5 Å². The zero-order valence-electron chi connectivity index (χ0n) is 6.44. The summed E-state index contributed by atoms with van der Waals surface area (Å²) in [5.41, 5.74) is 0. The second kappa shape index (κ2) is 3.90. The van der Waals surface area contributed by atoms with Crippen LogP contribution in [0.2, 0.25) is 0 Å². The molecule has 0 N–H and O–H groups in total. The quantitative estimate of drug-likeness (QED) is 0.584. The highest BCUT2D eigenvalue weighted by Gasteiger charge is 2.25. The molecule has 0 aliphatic rings. The standard InChI is InChI=1S/2C2H5O2S.Al/c2*1-2-5(3)4;/h2*2H2,1H3;. The Morgan fingerprint density at radius 2 is 1.18 bits per heavy atom. The summed E-state index contributed by atoms with van der Waals surface area (Å²) in [6, 6.07) is 0. The van der Waals surface area contributed by atoms with Crippen molar-refractivity contribution >= 4 is 29.4 Å². The first-order chi connectivity index (χ1) is 4.83. The molecule has 0 aromatic heterocycles. The van der Waals surface area contributed by atoms with Crippen molar-refractivity contribution in [3.05, 3.63) is 0 Å². The van der Waals surface area contributed by atoms with Gasteiger partial charge in [0.2, 0.25) is 0 Å². The highest BCUT2D eigenvalue weighted by Crippen LogP contribution is 1.94. The van der Waals surface area contributed by atoms with Gasteiger partial charge in [0.25, 0.3) is 0 Å². The Balaban J connectivity index is 4.54. The maximum atomic E-state index is 10.8. The van der Waals surface area contributed by atoms with Crippen molar-refractivity contribution < 1.29 is 16.8 Å². The second-order valence-corrected chi connectivity index (χ2v) is 12.6. The van der Waals surface area contributed by atoms with E-state index >= 15 is 0 Å². The zero-order valence-corrected chi connectivity index (χ0v) is 9.23. The van der Waals surface area contributed by atoms with Gasteiger partial charge in [-0.15, -0.1) is 0 Å². The summed E-state index contributed by atoms with van der Waals surface area (Å²) in [6.07, 6.45) is 0. The van der Waals surface area contributed by atoms with Crippen molar-refractivity contribution in [2.45, 2.75) is 13.8 Å². The van der Waals surface area contributed by atoms with E-state index in [1.807, 2.05) is 0 Å². The molecule has 0 unspecified atom stereocenters. The molecule has 1 radical (unpaired) electrons. The van der Waals surface area contributed by atoms with Gasteiger partial charge in [0, 0.05) is 11.5 Å². The van der Waals surface area contributed by atoms with Gasteiger partial charge in [-0.3, -0.25) is 16.8 Å². The Morgan fingerprint density at radius 3 is 1.36 bits per heavy atom. The first-order valence-corrected chi connectivity index (χ1v) is 9.39. The molecular formula is C4H10AlO4S2. The average molecular weight is 213 g/mol. The fraction of sp³-hybridized carbons (Fsp3) is 1.00. The van der Waals surface area contributed by atoms with Gasteiger partial charge < -0.3 is 0 Å². The lowest BCUT2D eigenvalue weighted by Crippen LogP contribution is -2.23. The lowest BCUT2D eigenvalue weighted by molar-refractivity contribution is 0.607. The van der Waals surface area contributed by atoms with Gasteiger partial charge in [-0.25, -0.2) is 0 Å². The largest absolute Gasteiger partial charge is 0.606 e. The molecule has 0 amide bonds. The maximum Gasteiger partial charge on any atom is 0.606 e. The highest BCUT2D eigenvalue weighted by molar-refractivity contribution is 8.43. The summed E-state index contributed by atoms with van der Waals surface area (Å²) in [5.74, 6) is -0.164. The molecule has 65 valence electrons. The minimum Gasteiger partial charge on any atom is -0.252 e. The third-order valence-corrected chi connectivity index (χ3v) is 12.3. The Labute approximate surface area is 71.6 Å². The minimum absolute atomic E-state index is 0.0818. The molecule has 0 bridgehead atoms. The Hall–Kier alpha value is 0.432. The topological polar surface area (TPSA) is 68.3 Å². The van der Waals surface area contributed by atoms with Crippen LogP contribution in [0.4, 0.5) is 0 Å². The van der Waals surface area contributed by atoms with E-state index in [4.69, 9.17) is 0 Å². The molecule has 7 heteroatoms. The van der Waals surface area contributed by atoms with Crippen molar-refractivity contribution in [3.8, 4) is 0 Å². The summed E-state index contributed by atoms with van der Waals surface area (Å²) < 4.78 is 43.3. The normalized spacial score (nSPS) is 12.9. The molecular weight excluding hydrogens is 203 g/mol. The van der Waals surface area contributed by atoms with E-state index in [9.17, 15) is 16.8 Å². The first kappa shape index (κ1) is 11.4. The van der Waals surface area contributed by atoms with Crippen LogP contribution in [0.5, 0.6) is 0 Å². The molecule has 11 heavy (non-hydrogen) atoms. The summed E-state index contributed by atoms with van der Waals surface area (Å²) >= 11 is -1.48. The van der Waals surface area contributed by atoms with E-state index in [2.05, 4.69) is 0 Å². The Kier molecular flexibility index (Phi) is 4.05. The SMILES string of the molecule is CC[S](=O)(=O)[Al][S](=O)(=O)CC. The second-order valence-electron chi connectivity index (χ2n) is 2.00. The molecule has 0 fully saturated rings. The van der Waals surface area contributed by atoms with E-state index in [-0.39, 0.29) is 11.5 Å². The molecule has 0 heterocycles. The lowest BCUT2D eigenvalue weighted by atomic mass is 11.0. The Bertz CT molecular complexity index is 269. The van der Waals surface area contributed by atoms with Gasteiger partial charge >= 0.3 is 13.0 Å². The van der Waals surface area contributed by atoms with E-state index in [1.165, 1.54) is 13.8 Å². The van der Waals surface area contributed by atoms with Crippen LogP contribution in [0.25, 0.3) is 0 Å². The molecule has 0 saturated carbocycles. The summed E-state index contributed by atoms with van der Waals surface area (Å²) in [5, 5.41) is 0. The molecule has 0 spiro atoms. The van der Waals surface area contributed by atoms with Crippen LogP contribution in [-0.2, 0) is 16.4 Å². The summed E-state index contributed by atoms with van der Waals surface area (Å²) in [6.45, 7) is 2.90. The minimum atomic E-state index is -3.29.